The van der Waals surface area contributed by atoms with Crippen LogP contribution in [0.15, 0.2) is 63.2 Å². The molecule has 0 unspecified atom stereocenters. The number of nitrogens with zero attached hydrogens (tertiary/aromatic N) is 6. The average Bonchev–Trinajstić information content (AvgIpc) is 3.42. The third-order valence-electron chi connectivity index (χ3n) is 4.66. The van der Waals surface area contributed by atoms with Crippen molar-refractivity contribution in [2.24, 2.45) is 5.10 Å². The Morgan fingerprint density at radius 3 is 2.73 bits per heavy atom. The van der Waals surface area contributed by atoms with Crippen molar-refractivity contribution < 1.29 is 14.5 Å². The van der Waals surface area contributed by atoms with Crippen molar-refractivity contribution in [1.29, 1.82) is 0 Å². The Balaban J connectivity index is 1.60. The molecule has 0 bridgehead atoms. The number of phenolic OH excluding ortho intramolecular Hbond substituents is 1. The molecule has 0 saturated carbocycles. The van der Waals surface area contributed by atoms with E-state index in [0.717, 1.165) is 10.5 Å². The number of thioether (sulfide) groups is 1. The van der Waals surface area contributed by atoms with Gasteiger partial charge in [-0.3, -0.25) is 4.79 Å². The van der Waals surface area contributed by atoms with E-state index in [9.17, 15) is 9.90 Å². The summed E-state index contributed by atoms with van der Waals surface area (Å²) in [4.78, 5) is 13.9. The predicted molar refractivity (Wildman–Crippen MR) is 122 cm³/mol. The molecule has 168 valence electrons. The first-order chi connectivity index (χ1) is 15.9. The zero-order valence-corrected chi connectivity index (χ0v) is 18.6. The molecule has 0 aliphatic carbocycles. The summed E-state index contributed by atoms with van der Waals surface area (Å²) in [5.41, 5.74) is 11.1. The number of hydrogen-bond acceptors (Lipinski definition) is 10. The Bertz CT molecular complexity index is 1310. The molecule has 2 heterocycles. The van der Waals surface area contributed by atoms with Crippen LogP contribution in [0.3, 0.4) is 0 Å². The van der Waals surface area contributed by atoms with Crippen LogP contribution in [0.4, 0.5) is 5.82 Å². The lowest BCUT2D eigenvalue weighted by atomic mass is 10.1. The lowest BCUT2D eigenvalue weighted by Gasteiger charge is -2.07. The molecule has 4 rings (SSSR count). The van der Waals surface area contributed by atoms with Crippen molar-refractivity contribution in [3.05, 3.63) is 71.0 Å². The lowest BCUT2D eigenvalue weighted by molar-refractivity contribution is 0.0949. The minimum absolute atomic E-state index is 0.0196. The van der Waals surface area contributed by atoms with E-state index in [1.54, 1.807) is 31.2 Å². The molecule has 0 aliphatic rings. The van der Waals surface area contributed by atoms with Crippen LogP contribution in [-0.4, -0.2) is 42.0 Å². The van der Waals surface area contributed by atoms with Gasteiger partial charge in [-0.1, -0.05) is 35.0 Å². The van der Waals surface area contributed by atoms with E-state index >= 15 is 0 Å². The Morgan fingerprint density at radius 2 is 2.03 bits per heavy atom. The second-order valence-electron chi connectivity index (χ2n) is 7.06. The number of aromatic nitrogens is 5. The number of phenols is 1. The number of benzene rings is 2. The number of nitrogens with one attached hydrogen (secondary N) is 1. The highest BCUT2D eigenvalue weighted by Crippen LogP contribution is 2.26. The second-order valence-corrected chi connectivity index (χ2v) is 8.11. The third-order valence-corrected chi connectivity index (χ3v) is 5.68. The largest absolute Gasteiger partial charge is 0.508 e. The van der Waals surface area contributed by atoms with Gasteiger partial charge in [0.15, 0.2) is 5.69 Å². The number of aryl methyl sites for hydroxylation is 1. The van der Waals surface area contributed by atoms with E-state index in [1.807, 2.05) is 31.2 Å². The fourth-order valence-corrected chi connectivity index (χ4v) is 3.78. The number of carbonyl (C=O) groups excluding carboxylic acids is 1. The summed E-state index contributed by atoms with van der Waals surface area (Å²) in [5.74, 6) is 0.0490. The van der Waals surface area contributed by atoms with E-state index in [0.29, 0.717) is 22.7 Å². The zero-order valence-electron chi connectivity index (χ0n) is 17.8. The van der Waals surface area contributed by atoms with Gasteiger partial charge in [-0.15, -0.1) is 16.9 Å². The quantitative estimate of drug-likeness (QED) is 0.212. The number of rotatable bonds is 7. The summed E-state index contributed by atoms with van der Waals surface area (Å²) >= 11 is 1.49. The van der Waals surface area contributed by atoms with Crippen LogP contribution in [-0.2, 0) is 5.75 Å². The van der Waals surface area contributed by atoms with Crippen molar-refractivity contribution in [1.82, 2.24) is 30.7 Å². The topological polar surface area (TPSA) is 157 Å². The summed E-state index contributed by atoms with van der Waals surface area (Å²) in [6, 6.07) is 14.5. The van der Waals surface area contributed by atoms with Gasteiger partial charge in [-0.25, -0.2) is 10.1 Å². The number of amides is 1. The zero-order chi connectivity index (χ0) is 23.4. The fourth-order valence-electron chi connectivity index (χ4n) is 2.88. The van der Waals surface area contributed by atoms with Gasteiger partial charge >= 0.3 is 0 Å². The maximum absolute atomic E-state index is 12.9. The van der Waals surface area contributed by atoms with Gasteiger partial charge in [0.05, 0.1) is 11.4 Å². The van der Waals surface area contributed by atoms with Gasteiger partial charge in [0.1, 0.15) is 5.75 Å². The van der Waals surface area contributed by atoms with Crippen LogP contribution in [0.25, 0.3) is 5.82 Å². The minimum atomic E-state index is -0.560. The standard InChI is InChI=1S/C21H20N8O3S/c1-12-6-8-16(9-7-12)33-11-17-18(24-28-29(17)20-19(22)26-32-27-20)21(31)25-23-13(2)14-4-3-5-15(30)10-14/h3-10,30H,11H2,1-2H3,(H2,22,26)(H,25,31)/b23-13-. The molecule has 4 N–H and O–H groups in total. The van der Waals surface area contributed by atoms with E-state index in [4.69, 9.17) is 5.73 Å². The van der Waals surface area contributed by atoms with Crippen molar-refractivity contribution >= 4 is 29.2 Å². The molecule has 0 radical (unpaired) electrons. The van der Waals surface area contributed by atoms with Gasteiger partial charge < -0.3 is 10.8 Å². The molecular weight excluding hydrogens is 444 g/mol. The van der Waals surface area contributed by atoms with Gasteiger partial charge in [0.2, 0.25) is 11.6 Å². The highest BCUT2D eigenvalue weighted by atomic mass is 32.2. The van der Waals surface area contributed by atoms with Gasteiger partial charge in [-0.2, -0.15) is 9.78 Å². The number of hydrazone groups is 1. The first-order valence-corrected chi connectivity index (χ1v) is 10.8. The van der Waals surface area contributed by atoms with Crippen LogP contribution in [0.2, 0.25) is 0 Å². The Labute approximate surface area is 192 Å². The maximum Gasteiger partial charge on any atom is 0.293 e. The first-order valence-electron chi connectivity index (χ1n) is 9.79. The number of nitrogen functional groups attached to an aromatic ring is 1. The Hall–Kier alpha value is -4.19. The van der Waals surface area contributed by atoms with Crippen molar-refractivity contribution in [3.8, 4) is 11.6 Å². The highest BCUT2D eigenvalue weighted by molar-refractivity contribution is 7.98. The monoisotopic (exact) mass is 464 g/mol. The summed E-state index contributed by atoms with van der Waals surface area (Å²) in [6.07, 6.45) is 0. The fraction of sp³-hybridized carbons (Fsp3) is 0.143. The molecule has 1 amide bonds. The number of anilines is 1. The maximum atomic E-state index is 12.9. The van der Waals surface area contributed by atoms with Crippen molar-refractivity contribution in [2.45, 2.75) is 24.5 Å². The summed E-state index contributed by atoms with van der Waals surface area (Å²) in [6.45, 7) is 3.72. The molecule has 0 atom stereocenters. The van der Waals surface area contributed by atoms with Gasteiger partial charge in [-0.05, 0) is 48.4 Å². The van der Waals surface area contributed by atoms with E-state index in [2.05, 4.69) is 35.8 Å². The predicted octanol–water partition coefficient (Wildman–Crippen LogP) is 2.69. The van der Waals surface area contributed by atoms with E-state index in [1.165, 1.54) is 16.4 Å². The first kappa shape index (κ1) is 22.0. The summed E-state index contributed by atoms with van der Waals surface area (Å²) < 4.78 is 6.00. The third kappa shape index (κ3) is 5.01. The van der Waals surface area contributed by atoms with Crippen LogP contribution in [0.1, 0.15) is 34.2 Å². The van der Waals surface area contributed by atoms with Crippen LogP contribution >= 0.6 is 11.8 Å². The molecule has 0 saturated heterocycles. The highest BCUT2D eigenvalue weighted by Gasteiger charge is 2.24. The molecule has 0 fully saturated rings. The van der Waals surface area contributed by atoms with E-state index in [-0.39, 0.29) is 23.1 Å². The van der Waals surface area contributed by atoms with Crippen molar-refractivity contribution in [3.63, 3.8) is 0 Å². The molecule has 2 aromatic heterocycles. The smallest absolute Gasteiger partial charge is 0.293 e. The molecule has 12 heteroatoms. The number of carbonyl (C=O) groups is 1. The number of hydrogen-bond donors (Lipinski definition) is 3. The molecule has 33 heavy (non-hydrogen) atoms. The van der Waals surface area contributed by atoms with Crippen LogP contribution in [0.5, 0.6) is 5.75 Å². The van der Waals surface area contributed by atoms with E-state index < -0.39 is 5.91 Å². The molecule has 2 aromatic carbocycles. The molecular formula is C21H20N8O3S. The summed E-state index contributed by atoms with van der Waals surface area (Å²) in [5, 5.41) is 29.1. The molecule has 0 spiro atoms. The lowest BCUT2D eigenvalue weighted by Crippen LogP contribution is -2.21. The Kier molecular flexibility index (Phi) is 6.36. The van der Waals surface area contributed by atoms with Gasteiger partial charge in [0.25, 0.3) is 5.91 Å². The minimum Gasteiger partial charge on any atom is -0.508 e. The Morgan fingerprint density at radius 1 is 1.24 bits per heavy atom. The molecule has 11 nitrogen and oxygen atoms in total. The molecule has 0 aliphatic heterocycles. The second kappa shape index (κ2) is 9.53. The van der Waals surface area contributed by atoms with Crippen molar-refractivity contribution in [2.75, 3.05) is 5.73 Å². The summed E-state index contributed by atoms with van der Waals surface area (Å²) in [7, 11) is 0. The van der Waals surface area contributed by atoms with Gasteiger partial charge in [0, 0.05) is 16.2 Å². The average molecular weight is 465 g/mol. The normalized spacial score (nSPS) is 11.5. The van der Waals surface area contributed by atoms with Crippen LogP contribution in [0, 0.1) is 6.92 Å². The number of nitrogens with two attached hydrogens (primary N) is 1. The SMILES string of the molecule is C/C(=N/NC(=O)c1nnn(-c2nonc2N)c1CSc1ccc(C)cc1)c1cccc(O)c1. The number of aromatic hydroxyl groups is 1. The van der Waals surface area contributed by atoms with Crippen LogP contribution < -0.4 is 11.2 Å². The molecule has 4 aromatic rings.